The Kier molecular flexibility index (Phi) is 5.25. The molecule has 22 heavy (non-hydrogen) atoms. The van der Waals surface area contributed by atoms with Crippen LogP contribution in [0.25, 0.3) is 0 Å². The van der Waals surface area contributed by atoms with Crippen LogP contribution in [0.1, 0.15) is 17.3 Å². The first kappa shape index (κ1) is 15.7. The number of carbonyl (C=O) groups excluding carboxylic acids is 1. The molecule has 0 saturated carbocycles. The van der Waals surface area contributed by atoms with Crippen molar-refractivity contribution in [2.24, 2.45) is 0 Å². The van der Waals surface area contributed by atoms with Gasteiger partial charge in [-0.05, 0) is 43.3 Å². The third kappa shape index (κ3) is 3.49. The van der Waals surface area contributed by atoms with E-state index in [4.69, 9.17) is 18.9 Å². The Bertz CT molecular complexity index is 634. The van der Waals surface area contributed by atoms with Crippen LogP contribution >= 0.6 is 0 Å². The van der Waals surface area contributed by atoms with Gasteiger partial charge in [-0.25, -0.2) is 0 Å². The molecule has 0 spiro atoms. The minimum atomic E-state index is 0.425. The third-order valence-electron chi connectivity index (χ3n) is 2.98. The van der Waals surface area contributed by atoms with Crippen LogP contribution in [0.5, 0.6) is 28.7 Å². The van der Waals surface area contributed by atoms with Gasteiger partial charge in [0.1, 0.15) is 17.8 Å². The lowest BCUT2D eigenvalue weighted by atomic mass is 10.2. The largest absolute Gasteiger partial charge is 0.497 e. The minimum Gasteiger partial charge on any atom is -0.497 e. The van der Waals surface area contributed by atoms with E-state index < -0.39 is 0 Å². The van der Waals surface area contributed by atoms with E-state index in [1.165, 1.54) is 7.11 Å². The van der Waals surface area contributed by atoms with E-state index in [1.54, 1.807) is 43.5 Å². The van der Waals surface area contributed by atoms with Crippen LogP contribution in [-0.4, -0.2) is 27.1 Å². The van der Waals surface area contributed by atoms with Crippen molar-refractivity contribution in [3.05, 3.63) is 42.0 Å². The second-order valence-corrected chi connectivity index (χ2v) is 4.38. The Morgan fingerprint density at radius 3 is 2.14 bits per heavy atom. The summed E-state index contributed by atoms with van der Waals surface area (Å²) in [6.07, 6.45) is 0.735. The Morgan fingerprint density at radius 1 is 0.955 bits per heavy atom. The molecule has 0 unspecified atom stereocenters. The number of hydrogen-bond donors (Lipinski definition) is 0. The Labute approximate surface area is 129 Å². The molecule has 0 atom stereocenters. The maximum absolute atomic E-state index is 11.1. The number of methoxy groups -OCH3 is 2. The van der Waals surface area contributed by atoms with E-state index in [0.29, 0.717) is 35.2 Å². The van der Waals surface area contributed by atoms with Crippen LogP contribution < -0.4 is 18.9 Å². The van der Waals surface area contributed by atoms with E-state index in [0.717, 1.165) is 12.0 Å². The lowest BCUT2D eigenvalue weighted by Gasteiger charge is -2.15. The molecule has 2 aromatic rings. The van der Waals surface area contributed by atoms with Gasteiger partial charge in [0.2, 0.25) is 5.75 Å². The number of rotatable bonds is 7. The minimum absolute atomic E-state index is 0.425. The van der Waals surface area contributed by atoms with Gasteiger partial charge < -0.3 is 18.9 Å². The summed E-state index contributed by atoms with van der Waals surface area (Å²) in [4.78, 5) is 11.1. The van der Waals surface area contributed by atoms with Gasteiger partial charge in [-0.2, -0.15) is 0 Å². The van der Waals surface area contributed by atoms with Gasteiger partial charge in [0, 0.05) is 5.56 Å². The predicted molar refractivity (Wildman–Crippen MR) is 82.6 cm³/mol. The molecule has 0 aromatic heterocycles. The lowest BCUT2D eigenvalue weighted by molar-refractivity contribution is 0.112. The monoisotopic (exact) mass is 302 g/mol. The van der Waals surface area contributed by atoms with E-state index in [9.17, 15) is 4.79 Å². The molecule has 0 aliphatic carbocycles. The van der Waals surface area contributed by atoms with Crippen molar-refractivity contribution in [2.45, 2.75) is 6.92 Å². The van der Waals surface area contributed by atoms with Gasteiger partial charge in [0.05, 0.1) is 20.8 Å². The number of carbonyl (C=O) groups is 1. The van der Waals surface area contributed by atoms with Crippen LogP contribution in [-0.2, 0) is 0 Å². The van der Waals surface area contributed by atoms with E-state index in [1.807, 2.05) is 6.92 Å². The number of hydrogen-bond acceptors (Lipinski definition) is 5. The van der Waals surface area contributed by atoms with Gasteiger partial charge in [-0.15, -0.1) is 0 Å². The summed E-state index contributed by atoms with van der Waals surface area (Å²) >= 11 is 0. The third-order valence-corrected chi connectivity index (χ3v) is 2.98. The van der Waals surface area contributed by atoms with Gasteiger partial charge in [-0.1, -0.05) is 0 Å². The summed E-state index contributed by atoms with van der Waals surface area (Å²) < 4.78 is 21.8. The van der Waals surface area contributed by atoms with Crippen molar-refractivity contribution in [1.29, 1.82) is 0 Å². The van der Waals surface area contributed by atoms with E-state index in [2.05, 4.69) is 0 Å². The summed E-state index contributed by atoms with van der Waals surface area (Å²) in [7, 11) is 3.12. The summed E-state index contributed by atoms with van der Waals surface area (Å²) in [5.41, 5.74) is 0.448. The Balaban J connectivity index is 2.39. The first-order chi connectivity index (χ1) is 10.7. The molecule has 5 heteroatoms. The maximum Gasteiger partial charge on any atom is 0.204 e. The summed E-state index contributed by atoms with van der Waals surface area (Å²) in [6, 6.07) is 10.3. The van der Waals surface area contributed by atoms with Crippen LogP contribution in [0.15, 0.2) is 36.4 Å². The van der Waals surface area contributed by atoms with Crippen LogP contribution in [0.4, 0.5) is 0 Å². The average molecular weight is 302 g/mol. The molecule has 0 saturated heterocycles. The molecule has 2 aromatic carbocycles. The van der Waals surface area contributed by atoms with Crippen molar-refractivity contribution in [3.8, 4) is 28.7 Å². The van der Waals surface area contributed by atoms with Crippen LogP contribution in [0.2, 0.25) is 0 Å². The number of aldehydes is 1. The second kappa shape index (κ2) is 7.36. The highest BCUT2D eigenvalue weighted by Crippen LogP contribution is 2.40. The molecule has 0 heterocycles. The highest BCUT2D eigenvalue weighted by molar-refractivity contribution is 5.78. The highest BCUT2D eigenvalue weighted by Gasteiger charge is 2.15. The zero-order valence-corrected chi connectivity index (χ0v) is 12.8. The topological polar surface area (TPSA) is 54.0 Å². The van der Waals surface area contributed by atoms with Crippen LogP contribution in [0, 0.1) is 0 Å². The fraction of sp³-hybridized carbons (Fsp3) is 0.235. The van der Waals surface area contributed by atoms with Crippen molar-refractivity contribution < 1.29 is 23.7 Å². The molecule has 0 amide bonds. The molecule has 0 aliphatic rings. The maximum atomic E-state index is 11.1. The molecule has 2 rings (SSSR count). The fourth-order valence-electron chi connectivity index (χ4n) is 1.95. The molecular weight excluding hydrogens is 284 g/mol. The Morgan fingerprint density at radius 2 is 1.59 bits per heavy atom. The fourth-order valence-corrected chi connectivity index (χ4v) is 1.95. The quantitative estimate of drug-likeness (QED) is 0.730. The van der Waals surface area contributed by atoms with Gasteiger partial charge in [0.15, 0.2) is 11.5 Å². The van der Waals surface area contributed by atoms with Crippen molar-refractivity contribution >= 4 is 6.29 Å². The molecule has 0 bridgehead atoms. The molecule has 5 nitrogen and oxygen atoms in total. The van der Waals surface area contributed by atoms with Crippen molar-refractivity contribution in [3.63, 3.8) is 0 Å². The predicted octanol–water partition coefficient (Wildman–Crippen LogP) is 3.71. The summed E-state index contributed by atoms with van der Waals surface area (Å²) in [5, 5.41) is 0. The highest BCUT2D eigenvalue weighted by atomic mass is 16.5. The molecular formula is C17H18O5. The number of benzene rings is 2. The normalized spacial score (nSPS) is 9.95. The molecule has 0 radical (unpaired) electrons. The van der Waals surface area contributed by atoms with Gasteiger partial charge in [-0.3, -0.25) is 4.79 Å². The first-order valence-electron chi connectivity index (χ1n) is 6.83. The first-order valence-corrected chi connectivity index (χ1v) is 6.83. The van der Waals surface area contributed by atoms with Crippen LogP contribution in [0.3, 0.4) is 0 Å². The van der Waals surface area contributed by atoms with Crippen molar-refractivity contribution in [1.82, 2.24) is 0 Å². The number of ether oxygens (including phenoxy) is 4. The van der Waals surface area contributed by atoms with Gasteiger partial charge in [0.25, 0.3) is 0 Å². The second-order valence-electron chi connectivity index (χ2n) is 4.38. The smallest absolute Gasteiger partial charge is 0.204 e. The molecule has 0 N–H and O–H groups in total. The zero-order valence-electron chi connectivity index (χ0n) is 12.8. The van der Waals surface area contributed by atoms with E-state index in [-0.39, 0.29) is 0 Å². The summed E-state index contributed by atoms with van der Waals surface area (Å²) in [6.45, 7) is 2.32. The van der Waals surface area contributed by atoms with E-state index >= 15 is 0 Å². The SMILES string of the molecule is CCOc1c(OC)cc(C=O)cc1Oc1ccc(OC)cc1. The Hall–Kier alpha value is -2.69. The molecule has 0 aliphatic heterocycles. The molecule has 0 fully saturated rings. The zero-order chi connectivity index (χ0) is 15.9. The van der Waals surface area contributed by atoms with Gasteiger partial charge >= 0.3 is 0 Å². The standard InChI is InChI=1S/C17H18O5/c1-4-21-17-15(20-3)9-12(11-18)10-16(17)22-14-7-5-13(19-2)6-8-14/h5-11H,4H2,1-3H3. The molecule has 116 valence electrons. The lowest BCUT2D eigenvalue weighted by Crippen LogP contribution is -1.99. The average Bonchev–Trinajstić information content (AvgIpc) is 2.57. The van der Waals surface area contributed by atoms with Crippen molar-refractivity contribution in [2.75, 3.05) is 20.8 Å². The summed E-state index contributed by atoms with van der Waals surface area (Å²) in [5.74, 6) is 2.68.